The number of carbonyl (C=O) groups is 1. The predicted molar refractivity (Wildman–Crippen MR) is 102 cm³/mol. The zero-order valence-electron chi connectivity index (χ0n) is 15.4. The van der Waals surface area contributed by atoms with Crippen molar-refractivity contribution in [3.8, 4) is 0 Å². The minimum atomic E-state index is -3.38. The van der Waals surface area contributed by atoms with E-state index in [4.69, 9.17) is 0 Å². The zero-order chi connectivity index (χ0) is 19.6. The Labute approximate surface area is 159 Å². The van der Waals surface area contributed by atoms with Crippen molar-refractivity contribution in [3.63, 3.8) is 0 Å². The smallest absolute Gasteiger partial charge is 0.254 e. The van der Waals surface area contributed by atoms with Crippen LogP contribution in [-0.4, -0.2) is 44.1 Å². The van der Waals surface area contributed by atoms with Gasteiger partial charge < -0.3 is 10.2 Å². The van der Waals surface area contributed by atoms with Gasteiger partial charge in [0.15, 0.2) is 9.84 Å². The van der Waals surface area contributed by atoms with Crippen LogP contribution in [0.1, 0.15) is 35.8 Å². The van der Waals surface area contributed by atoms with Gasteiger partial charge in [0.2, 0.25) is 0 Å². The molecule has 0 aromatic heterocycles. The summed E-state index contributed by atoms with van der Waals surface area (Å²) in [5.41, 5.74) is 1.15. The average molecular weight is 390 g/mol. The lowest BCUT2D eigenvalue weighted by atomic mass is 10.0. The summed E-state index contributed by atoms with van der Waals surface area (Å²) in [5.74, 6) is -0.534. The van der Waals surface area contributed by atoms with Crippen LogP contribution in [0.4, 0.5) is 4.39 Å². The van der Waals surface area contributed by atoms with Crippen LogP contribution >= 0.6 is 0 Å². The SMILES string of the molecule is CC(C)S(=O)(=O)c1ccc(C(=O)N2CCNCC2c2cccc(F)c2)cc1. The molecule has 0 spiro atoms. The molecule has 1 saturated heterocycles. The molecule has 0 aliphatic carbocycles. The van der Waals surface area contributed by atoms with Crippen molar-refractivity contribution in [3.05, 3.63) is 65.5 Å². The van der Waals surface area contributed by atoms with Gasteiger partial charge in [0.1, 0.15) is 5.82 Å². The third-order valence-corrected chi connectivity index (χ3v) is 6.96. The summed E-state index contributed by atoms with van der Waals surface area (Å²) in [6, 6.07) is 12.0. The second-order valence-corrected chi connectivity index (χ2v) is 9.40. The van der Waals surface area contributed by atoms with Crippen LogP contribution in [0.3, 0.4) is 0 Å². The number of piperazine rings is 1. The van der Waals surface area contributed by atoms with Gasteiger partial charge in [-0.3, -0.25) is 4.79 Å². The van der Waals surface area contributed by atoms with Crippen LogP contribution in [0.15, 0.2) is 53.4 Å². The van der Waals surface area contributed by atoms with Gasteiger partial charge in [-0.1, -0.05) is 12.1 Å². The Hall–Kier alpha value is -2.25. The first-order valence-electron chi connectivity index (χ1n) is 8.92. The Morgan fingerprint density at radius 3 is 2.52 bits per heavy atom. The largest absolute Gasteiger partial charge is 0.329 e. The molecule has 1 heterocycles. The Balaban J connectivity index is 1.87. The molecular formula is C20H23FN2O3S. The Kier molecular flexibility index (Phi) is 5.62. The van der Waals surface area contributed by atoms with E-state index in [0.717, 1.165) is 5.56 Å². The fraction of sp³-hybridized carbons (Fsp3) is 0.350. The van der Waals surface area contributed by atoms with Crippen molar-refractivity contribution in [2.24, 2.45) is 0 Å². The van der Waals surface area contributed by atoms with E-state index < -0.39 is 15.1 Å². The first-order chi connectivity index (χ1) is 12.8. The molecule has 0 bridgehead atoms. The highest BCUT2D eigenvalue weighted by atomic mass is 32.2. The van der Waals surface area contributed by atoms with E-state index in [1.165, 1.54) is 24.3 Å². The standard InChI is InChI=1S/C20H23FN2O3S/c1-14(2)27(25,26)18-8-6-15(7-9-18)20(24)23-11-10-22-13-19(23)16-4-3-5-17(21)12-16/h3-9,12,14,19,22H,10-11,13H2,1-2H3. The minimum absolute atomic E-state index is 0.195. The lowest BCUT2D eigenvalue weighted by Crippen LogP contribution is -2.48. The molecule has 0 radical (unpaired) electrons. The summed E-state index contributed by atoms with van der Waals surface area (Å²) in [4.78, 5) is 14.9. The number of rotatable bonds is 4. The molecule has 0 saturated carbocycles. The van der Waals surface area contributed by atoms with Crippen molar-refractivity contribution < 1.29 is 17.6 Å². The van der Waals surface area contributed by atoms with E-state index in [1.807, 2.05) is 0 Å². The maximum atomic E-state index is 13.6. The van der Waals surface area contributed by atoms with E-state index in [1.54, 1.807) is 43.0 Å². The fourth-order valence-corrected chi connectivity index (χ4v) is 4.24. The highest BCUT2D eigenvalue weighted by Gasteiger charge is 2.29. The third kappa shape index (κ3) is 4.04. The molecule has 27 heavy (non-hydrogen) atoms. The van der Waals surface area contributed by atoms with Gasteiger partial charge in [-0.2, -0.15) is 0 Å². The number of nitrogens with one attached hydrogen (secondary N) is 1. The normalized spacial score (nSPS) is 17.9. The lowest BCUT2D eigenvalue weighted by molar-refractivity contribution is 0.0634. The molecule has 3 rings (SSSR count). The third-order valence-electron chi connectivity index (χ3n) is 4.79. The van der Waals surface area contributed by atoms with Gasteiger partial charge in [0.25, 0.3) is 5.91 Å². The maximum absolute atomic E-state index is 13.6. The van der Waals surface area contributed by atoms with Crippen LogP contribution in [-0.2, 0) is 9.84 Å². The molecule has 1 unspecified atom stereocenters. The minimum Gasteiger partial charge on any atom is -0.329 e. The second kappa shape index (κ2) is 7.78. The highest BCUT2D eigenvalue weighted by molar-refractivity contribution is 7.92. The van der Waals surface area contributed by atoms with Crippen molar-refractivity contribution in [2.75, 3.05) is 19.6 Å². The van der Waals surface area contributed by atoms with E-state index in [2.05, 4.69) is 5.32 Å². The maximum Gasteiger partial charge on any atom is 0.254 e. The molecule has 7 heteroatoms. The molecule has 2 aromatic rings. The van der Waals surface area contributed by atoms with E-state index in [-0.39, 0.29) is 22.7 Å². The van der Waals surface area contributed by atoms with Gasteiger partial charge in [-0.15, -0.1) is 0 Å². The number of halogens is 1. The molecular weight excluding hydrogens is 367 g/mol. The summed E-state index contributed by atoms with van der Waals surface area (Å²) in [6.45, 7) is 4.93. The summed E-state index contributed by atoms with van der Waals surface area (Å²) in [7, 11) is -3.38. The van der Waals surface area contributed by atoms with Gasteiger partial charge in [0.05, 0.1) is 16.2 Å². The Morgan fingerprint density at radius 2 is 1.89 bits per heavy atom. The first kappa shape index (κ1) is 19.5. The number of hydrogen-bond acceptors (Lipinski definition) is 4. The number of nitrogens with zero attached hydrogens (tertiary/aromatic N) is 1. The summed E-state index contributed by atoms with van der Waals surface area (Å²) >= 11 is 0. The quantitative estimate of drug-likeness (QED) is 0.872. The highest BCUT2D eigenvalue weighted by Crippen LogP contribution is 2.25. The molecule has 1 aliphatic rings. The monoisotopic (exact) mass is 390 g/mol. The molecule has 1 N–H and O–H groups in total. The van der Waals surface area contributed by atoms with Gasteiger partial charge >= 0.3 is 0 Å². The molecule has 2 aromatic carbocycles. The van der Waals surface area contributed by atoms with Crippen molar-refractivity contribution in [2.45, 2.75) is 30.0 Å². The summed E-state index contributed by atoms with van der Waals surface area (Å²) < 4.78 is 38.1. The lowest BCUT2D eigenvalue weighted by Gasteiger charge is -2.36. The van der Waals surface area contributed by atoms with Crippen LogP contribution in [0.5, 0.6) is 0 Å². The van der Waals surface area contributed by atoms with Gasteiger partial charge in [-0.05, 0) is 55.8 Å². The molecule has 5 nitrogen and oxygen atoms in total. The number of amides is 1. The van der Waals surface area contributed by atoms with Crippen molar-refractivity contribution >= 4 is 15.7 Å². The summed E-state index contributed by atoms with van der Waals surface area (Å²) in [6.07, 6.45) is 0. The van der Waals surface area contributed by atoms with Gasteiger partial charge in [0, 0.05) is 25.2 Å². The zero-order valence-corrected chi connectivity index (χ0v) is 16.2. The Bertz CT molecular complexity index is 926. The number of benzene rings is 2. The van der Waals surface area contributed by atoms with Crippen molar-refractivity contribution in [1.82, 2.24) is 10.2 Å². The summed E-state index contributed by atoms with van der Waals surface area (Å²) in [5, 5.41) is 2.71. The first-order valence-corrected chi connectivity index (χ1v) is 10.5. The van der Waals surface area contributed by atoms with Gasteiger partial charge in [-0.25, -0.2) is 12.8 Å². The molecule has 1 fully saturated rings. The number of hydrogen-bond donors (Lipinski definition) is 1. The average Bonchev–Trinajstić information content (AvgIpc) is 2.67. The topological polar surface area (TPSA) is 66.5 Å². The molecule has 1 amide bonds. The molecule has 144 valence electrons. The van der Waals surface area contributed by atoms with E-state index in [9.17, 15) is 17.6 Å². The van der Waals surface area contributed by atoms with Crippen LogP contribution in [0, 0.1) is 5.82 Å². The predicted octanol–water partition coefficient (Wildman–Crippen LogP) is 2.79. The molecule has 1 aliphatic heterocycles. The van der Waals surface area contributed by atoms with Crippen LogP contribution in [0.25, 0.3) is 0 Å². The fourth-order valence-electron chi connectivity index (χ4n) is 3.18. The van der Waals surface area contributed by atoms with Crippen LogP contribution < -0.4 is 5.32 Å². The van der Waals surface area contributed by atoms with Crippen LogP contribution in [0.2, 0.25) is 0 Å². The number of sulfone groups is 1. The molecule has 1 atom stereocenters. The van der Waals surface area contributed by atoms with Crippen molar-refractivity contribution in [1.29, 1.82) is 0 Å². The van der Waals surface area contributed by atoms with E-state index in [0.29, 0.717) is 25.2 Å². The number of carbonyl (C=O) groups excluding carboxylic acids is 1. The Morgan fingerprint density at radius 1 is 1.19 bits per heavy atom. The van der Waals surface area contributed by atoms with E-state index >= 15 is 0 Å². The second-order valence-electron chi connectivity index (χ2n) is 6.89.